The lowest BCUT2D eigenvalue weighted by Gasteiger charge is -2.11. The summed E-state index contributed by atoms with van der Waals surface area (Å²) in [4.78, 5) is 16.3. The minimum absolute atomic E-state index is 0.280. The van der Waals surface area contributed by atoms with Crippen molar-refractivity contribution in [1.29, 1.82) is 0 Å². The van der Waals surface area contributed by atoms with Crippen LogP contribution >= 0.6 is 23.1 Å². The van der Waals surface area contributed by atoms with E-state index in [0.29, 0.717) is 5.69 Å². The Bertz CT molecular complexity index is 653. The van der Waals surface area contributed by atoms with Crippen LogP contribution in [0, 0.1) is 6.92 Å². The molecule has 118 valence electrons. The van der Waals surface area contributed by atoms with Gasteiger partial charge in [0.1, 0.15) is 0 Å². The molecule has 0 unspecified atom stereocenters. The highest BCUT2D eigenvalue weighted by atomic mass is 32.2. The molecule has 22 heavy (non-hydrogen) atoms. The van der Waals surface area contributed by atoms with Crippen LogP contribution in [0.3, 0.4) is 0 Å². The quantitative estimate of drug-likeness (QED) is 0.824. The van der Waals surface area contributed by atoms with Crippen LogP contribution in [-0.4, -0.2) is 16.1 Å². The van der Waals surface area contributed by atoms with E-state index in [9.17, 15) is 18.0 Å². The maximum absolute atomic E-state index is 12.5. The molecule has 1 amide bonds. The largest absolute Gasteiger partial charge is 0.416 e. The van der Waals surface area contributed by atoms with Crippen molar-refractivity contribution in [3.8, 4) is 0 Å². The summed E-state index contributed by atoms with van der Waals surface area (Å²) in [6.07, 6.45) is -4.38. The number of halogens is 3. The van der Waals surface area contributed by atoms with Gasteiger partial charge in [0.2, 0.25) is 5.91 Å². The maximum atomic E-state index is 12.5. The van der Waals surface area contributed by atoms with E-state index in [4.69, 9.17) is 0 Å². The fourth-order valence-electron chi connectivity index (χ4n) is 1.58. The first-order valence-electron chi connectivity index (χ1n) is 6.32. The van der Waals surface area contributed by atoms with Gasteiger partial charge >= 0.3 is 6.18 Å². The van der Waals surface area contributed by atoms with E-state index in [1.807, 2.05) is 12.3 Å². The number of anilines is 1. The van der Waals surface area contributed by atoms with Crippen molar-refractivity contribution in [3.63, 3.8) is 0 Å². The first-order chi connectivity index (χ1) is 10.3. The number of carbonyl (C=O) groups is 1. The zero-order valence-corrected chi connectivity index (χ0v) is 13.4. The number of benzene rings is 1. The van der Waals surface area contributed by atoms with E-state index in [0.717, 1.165) is 22.2 Å². The zero-order valence-electron chi connectivity index (χ0n) is 11.8. The molecule has 8 heteroatoms. The summed E-state index contributed by atoms with van der Waals surface area (Å²) in [5.41, 5.74) is 0.481. The molecular weight excluding hydrogens is 333 g/mol. The van der Waals surface area contributed by atoms with Crippen molar-refractivity contribution in [2.75, 3.05) is 5.32 Å². The van der Waals surface area contributed by atoms with Crippen LogP contribution in [0.4, 0.5) is 18.9 Å². The van der Waals surface area contributed by atoms with Gasteiger partial charge in [-0.1, -0.05) is 11.8 Å². The van der Waals surface area contributed by atoms with Crippen molar-refractivity contribution >= 4 is 34.7 Å². The second-order valence-corrected chi connectivity index (χ2v) is 7.03. The number of hydrogen-bond acceptors (Lipinski definition) is 4. The molecule has 1 aromatic heterocycles. The molecule has 1 atom stereocenters. The van der Waals surface area contributed by atoms with Crippen molar-refractivity contribution in [2.24, 2.45) is 0 Å². The molecule has 0 saturated carbocycles. The third kappa shape index (κ3) is 4.48. The van der Waals surface area contributed by atoms with E-state index < -0.39 is 17.0 Å². The smallest absolute Gasteiger partial charge is 0.325 e. The van der Waals surface area contributed by atoms with Gasteiger partial charge in [0, 0.05) is 16.8 Å². The van der Waals surface area contributed by atoms with E-state index in [1.165, 1.54) is 35.2 Å². The summed E-state index contributed by atoms with van der Waals surface area (Å²) >= 11 is 2.77. The monoisotopic (exact) mass is 346 g/mol. The van der Waals surface area contributed by atoms with Crippen molar-refractivity contribution in [2.45, 2.75) is 29.6 Å². The molecule has 1 heterocycles. The minimum Gasteiger partial charge on any atom is -0.325 e. The molecule has 0 fully saturated rings. The SMILES string of the molecule is Cc1csc(S[C@H](C)C(=O)Nc2ccc(C(F)(F)F)cc2)n1. The van der Waals surface area contributed by atoms with Crippen molar-refractivity contribution in [1.82, 2.24) is 4.98 Å². The number of nitrogens with zero attached hydrogens (tertiary/aromatic N) is 1. The Hall–Kier alpha value is -1.54. The van der Waals surface area contributed by atoms with E-state index in [1.54, 1.807) is 6.92 Å². The Morgan fingerprint density at radius 1 is 1.32 bits per heavy atom. The van der Waals surface area contributed by atoms with Crippen LogP contribution in [0.2, 0.25) is 0 Å². The number of nitrogens with one attached hydrogen (secondary N) is 1. The Morgan fingerprint density at radius 3 is 2.45 bits per heavy atom. The Morgan fingerprint density at radius 2 is 1.95 bits per heavy atom. The van der Waals surface area contributed by atoms with Gasteiger partial charge in [0.05, 0.1) is 10.8 Å². The second kappa shape index (κ2) is 6.70. The Labute approximate surface area is 134 Å². The summed E-state index contributed by atoms with van der Waals surface area (Å²) in [7, 11) is 0. The van der Waals surface area contributed by atoms with Gasteiger partial charge in [0.15, 0.2) is 4.34 Å². The predicted molar refractivity (Wildman–Crippen MR) is 82.2 cm³/mol. The number of alkyl halides is 3. The third-order valence-electron chi connectivity index (χ3n) is 2.72. The van der Waals surface area contributed by atoms with E-state index in [2.05, 4.69) is 10.3 Å². The third-order valence-corrected chi connectivity index (χ3v) is 4.91. The van der Waals surface area contributed by atoms with Crippen LogP contribution in [0.1, 0.15) is 18.2 Å². The van der Waals surface area contributed by atoms with Crippen LogP contribution < -0.4 is 5.32 Å². The number of thioether (sulfide) groups is 1. The van der Waals surface area contributed by atoms with Gasteiger partial charge in [0.25, 0.3) is 0 Å². The first-order valence-corrected chi connectivity index (χ1v) is 8.08. The van der Waals surface area contributed by atoms with Crippen LogP contribution in [0.25, 0.3) is 0 Å². The Kier molecular flexibility index (Phi) is 5.12. The lowest BCUT2D eigenvalue weighted by molar-refractivity contribution is -0.137. The molecule has 2 rings (SSSR count). The standard InChI is InChI=1S/C14H13F3N2OS2/c1-8-7-21-13(18-8)22-9(2)12(20)19-11-5-3-10(4-6-11)14(15,16)17/h3-7,9H,1-2H3,(H,19,20)/t9-/m1/s1. The molecule has 0 bridgehead atoms. The molecule has 0 aliphatic heterocycles. The van der Waals surface area contributed by atoms with Crippen LogP contribution in [-0.2, 0) is 11.0 Å². The van der Waals surface area contributed by atoms with Gasteiger partial charge in [-0.2, -0.15) is 13.2 Å². The Balaban J connectivity index is 1.96. The number of thiazole rings is 1. The summed E-state index contributed by atoms with van der Waals surface area (Å²) in [5, 5.41) is 4.09. The van der Waals surface area contributed by atoms with Gasteiger partial charge in [-0.05, 0) is 38.1 Å². The lowest BCUT2D eigenvalue weighted by Crippen LogP contribution is -2.22. The summed E-state index contributed by atoms with van der Waals surface area (Å²) in [6, 6.07) is 4.37. The first kappa shape index (κ1) is 16.8. The molecule has 0 spiro atoms. The predicted octanol–water partition coefficient (Wildman–Crippen LogP) is 4.59. The van der Waals surface area contributed by atoms with E-state index >= 15 is 0 Å². The molecule has 3 nitrogen and oxygen atoms in total. The maximum Gasteiger partial charge on any atom is 0.416 e. The highest BCUT2D eigenvalue weighted by molar-refractivity contribution is 8.02. The minimum atomic E-state index is -4.38. The van der Waals surface area contributed by atoms with Crippen molar-refractivity contribution in [3.05, 3.63) is 40.9 Å². The lowest BCUT2D eigenvalue weighted by atomic mass is 10.2. The fraction of sp³-hybridized carbons (Fsp3) is 0.286. The van der Waals surface area contributed by atoms with Crippen molar-refractivity contribution < 1.29 is 18.0 Å². The molecule has 0 aliphatic rings. The van der Waals surface area contributed by atoms with Crippen LogP contribution in [0.15, 0.2) is 34.0 Å². The number of amides is 1. The van der Waals surface area contributed by atoms with Gasteiger partial charge in [-0.15, -0.1) is 11.3 Å². The van der Waals surface area contributed by atoms with Crippen LogP contribution in [0.5, 0.6) is 0 Å². The highest BCUT2D eigenvalue weighted by Gasteiger charge is 2.30. The van der Waals surface area contributed by atoms with Gasteiger partial charge in [-0.25, -0.2) is 4.98 Å². The summed E-state index contributed by atoms with van der Waals surface area (Å²) < 4.78 is 38.2. The molecule has 0 radical (unpaired) electrons. The number of rotatable bonds is 4. The number of carbonyl (C=O) groups excluding carboxylic acids is 1. The van der Waals surface area contributed by atoms with Gasteiger partial charge in [-0.3, -0.25) is 4.79 Å². The summed E-state index contributed by atoms with van der Waals surface area (Å²) in [6.45, 7) is 3.59. The summed E-state index contributed by atoms with van der Waals surface area (Å²) in [5.74, 6) is -0.280. The fourth-order valence-corrected chi connectivity index (χ4v) is 3.56. The average molecular weight is 346 g/mol. The molecule has 2 aromatic rings. The van der Waals surface area contributed by atoms with Gasteiger partial charge < -0.3 is 5.32 Å². The molecule has 1 aromatic carbocycles. The zero-order chi connectivity index (χ0) is 16.3. The molecule has 1 N–H and O–H groups in total. The molecule has 0 aliphatic carbocycles. The topological polar surface area (TPSA) is 42.0 Å². The number of hydrogen-bond donors (Lipinski definition) is 1. The second-order valence-electron chi connectivity index (χ2n) is 4.58. The normalized spacial score (nSPS) is 13.0. The van der Waals surface area contributed by atoms with E-state index in [-0.39, 0.29) is 5.91 Å². The highest BCUT2D eigenvalue weighted by Crippen LogP contribution is 2.30. The average Bonchev–Trinajstić information content (AvgIpc) is 2.83. The molecule has 0 saturated heterocycles. The molecular formula is C14H13F3N2OS2. The number of aromatic nitrogens is 1. The number of aryl methyl sites for hydroxylation is 1.